The largest absolute Gasteiger partial charge is 0.444 e. The molecular weight excluding hydrogens is 428 g/mol. The molecule has 0 N–H and O–H groups in total. The lowest BCUT2D eigenvalue weighted by Crippen LogP contribution is -2.54. The molecule has 0 aliphatic carbocycles. The van der Waals surface area contributed by atoms with Gasteiger partial charge in [0.25, 0.3) is 11.2 Å². The number of fused-ring (bicyclic) bond motifs is 1. The average molecular weight is 451 g/mol. The first-order valence-electron chi connectivity index (χ1n) is 9.61. The number of nitrogens with zero attached hydrogens (tertiary/aromatic N) is 4. The van der Waals surface area contributed by atoms with Crippen LogP contribution in [0.5, 0.6) is 10.9 Å². The smallest absolute Gasteiger partial charge is 0.410 e. The van der Waals surface area contributed by atoms with Crippen LogP contribution < -0.4 is 9.64 Å². The highest BCUT2D eigenvalue weighted by Crippen LogP contribution is 2.37. The Morgan fingerprint density at radius 1 is 1.33 bits per heavy atom. The van der Waals surface area contributed by atoms with Crippen molar-refractivity contribution in [3.8, 4) is 10.9 Å². The van der Waals surface area contributed by atoms with Crippen molar-refractivity contribution < 1.29 is 18.7 Å². The number of aromatic nitrogens is 2. The summed E-state index contributed by atoms with van der Waals surface area (Å²) >= 11 is 7.62. The molecule has 30 heavy (non-hydrogen) atoms. The number of oxazole rings is 1. The fraction of sp³-hybridized carbons (Fsp3) is 0.450. The molecule has 1 atom stereocenters. The lowest BCUT2D eigenvalue weighted by atomic mass is 10.2. The van der Waals surface area contributed by atoms with Crippen molar-refractivity contribution in [1.82, 2.24) is 14.9 Å². The van der Waals surface area contributed by atoms with E-state index in [0.29, 0.717) is 52.7 Å². The Balaban J connectivity index is 1.54. The number of ether oxygens (including phenoxy) is 2. The zero-order valence-electron chi connectivity index (χ0n) is 17.2. The molecule has 1 aliphatic heterocycles. The summed E-state index contributed by atoms with van der Waals surface area (Å²) in [5.74, 6) is 0.464. The van der Waals surface area contributed by atoms with Gasteiger partial charge in [0.1, 0.15) is 11.1 Å². The van der Waals surface area contributed by atoms with Gasteiger partial charge in [-0.2, -0.15) is 4.98 Å². The first-order valence-corrected chi connectivity index (χ1v) is 10.9. The molecule has 1 saturated heterocycles. The third kappa shape index (κ3) is 4.46. The number of piperazine rings is 1. The zero-order chi connectivity index (χ0) is 21.5. The third-order valence-corrected chi connectivity index (χ3v) is 5.41. The van der Waals surface area contributed by atoms with E-state index in [0.717, 1.165) is 0 Å². The number of amides is 1. The van der Waals surface area contributed by atoms with Gasteiger partial charge in [0, 0.05) is 48.3 Å². The normalized spacial score (nSPS) is 17.4. The van der Waals surface area contributed by atoms with Crippen molar-refractivity contribution in [3.63, 3.8) is 0 Å². The van der Waals surface area contributed by atoms with Crippen LogP contribution >= 0.6 is 22.9 Å². The van der Waals surface area contributed by atoms with Crippen LogP contribution in [0.15, 0.2) is 28.1 Å². The quantitative estimate of drug-likeness (QED) is 0.544. The molecule has 1 amide bonds. The van der Waals surface area contributed by atoms with E-state index in [2.05, 4.69) is 9.97 Å². The Morgan fingerprint density at radius 3 is 2.80 bits per heavy atom. The van der Waals surface area contributed by atoms with Crippen LogP contribution in [0, 0.1) is 0 Å². The van der Waals surface area contributed by atoms with E-state index >= 15 is 0 Å². The summed E-state index contributed by atoms with van der Waals surface area (Å²) in [5, 5.41) is 2.82. The van der Waals surface area contributed by atoms with E-state index in [1.807, 2.05) is 38.0 Å². The van der Waals surface area contributed by atoms with Gasteiger partial charge >= 0.3 is 6.09 Å². The van der Waals surface area contributed by atoms with Crippen LogP contribution in [0.4, 0.5) is 10.8 Å². The molecule has 8 nitrogen and oxygen atoms in total. The molecule has 0 saturated carbocycles. The van der Waals surface area contributed by atoms with Gasteiger partial charge in [0.2, 0.25) is 0 Å². The number of benzene rings is 1. The van der Waals surface area contributed by atoms with Gasteiger partial charge in [-0.25, -0.2) is 9.78 Å². The van der Waals surface area contributed by atoms with E-state index in [9.17, 15) is 4.79 Å². The van der Waals surface area contributed by atoms with E-state index < -0.39 is 5.60 Å². The molecular formula is C20H23ClN4O4S. The molecule has 10 heteroatoms. The summed E-state index contributed by atoms with van der Waals surface area (Å²) in [7, 11) is 0. The molecule has 1 aliphatic rings. The van der Waals surface area contributed by atoms with E-state index in [1.54, 1.807) is 23.2 Å². The van der Waals surface area contributed by atoms with Gasteiger partial charge in [-0.3, -0.25) is 0 Å². The number of anilines is 1. The number of halogens is 1. The summed E-state index contributed by atoms with van der Waals surface area (Å²) in [4.78, 5) is 24.9. The fourth-order valence-electron chi connectivity index (χ4n) is 3.25. The second kappa shape index (κ2) is 7.96. The van der Waals surface area contributed by atoms with E-state index in [-0.39, 0.29) is 12.1 Å². The molecule has 0 spiro atoms. The minimum Gasteiger partial charge on any atom is -0.444 e. The van der Waals surface area contributed by atoms with Gasteiger partial charge in [0.05, 0.1) is 0 Å². The van der Waals surface area contributed by atoms with Crippen LogP contribution in [0.2, 0.25) is 5.02 Å². The van der Waals surface area contributed by atoms with Crippen molar-refractivity contribution in [2.75, 3.05) is 24.5 Å². The Hall–Kier alpha value is -2.52. The van der Waals surface area contributed by atoms with Gasteiger partial charge in [-0.1, -0.05) is 22.9 Å². The van der Waals surface area contributed by atoms with Crippen molar-refractivity contribution >= 4 is 46.1 Å². The number of hydrogen-bond donors (Lipinski definition) is 0. The lowest BCUT2D eigenvalue weighted by Gasteiger charge is -2.39. The van der Waals surface area contributed by atoms with Gasteiger partial charge in [-0.15, -0.1) is 0 Å². The summed E-state index contributed by atoms with van der Waals surface area (Å²) in [5.41, 5.74) is 0.586. The first kappa shape index (κ1) is 20.7. The van der Waals surface area contributed by atoms with Crippen LogP contribution in [0.3, 0.4) is 0 Å². The monoisotopic (exact) mass is 450 g/mol. The van der Waals surface area contributed by atoms with Crippen molar-refractivity contribution in [2.45, 2.75) is 39.3 Å². The molecule has 0 bridgehead atoms. The Bertz CT molecular complexity index is 1050. The maximum absolute atomic E-state index is 12.4. The number of carbonyl (C=O) groups is 1. The molecule has 1 fully saturated rings. The molecule has 2 aromatic heterocycles. The third-order valence-electron chi connectivity index (χ3n) is 4.54. The van der Waals surface area contributed by atoms with Gasteiger partial charge in [-0.05, 0) is 33.8 Å². The maximum atomic E-state index is 12.4. The van der Waals surface area contributed by atoms with Crippen LogP contribution in [-0.2, 0) is 4.74 Å². The topological polar surface area (TPSA) is 80.9 Å². The zero-order valence-corrected chi connectivity index (χ0v) is 18.8. The predicted molar refractivity (Wildman–Crippen MR) is 116 cm³/mol. The molecule has 160 valence electrons. The Morgan fingerprint density at radius 2 is 2.13 bits per heavy atom. The number of thiazole rings is 1. The molecule has 0 radical (unpaired) electrons. The fourth-order valence-corrected chi connectivity index (χ4v) is 3.95. The summed E-state index contributed by atoms with van der Waals surface area (Å²) in [6.45, 7) is 9.20. The lowest BCUT2D eigenvalue weighted by molar-refractivity contribution is 0.0216. The molecule has 1 aromatic carbocycles. The second-order valence-electron chi connectivity index (χ2n) is 8.12. The van der Waals surface area contributed by atoms with E-state index in [4.69, 9.17) is 25.5 Å². The molecule has 3 aromatic rings. The van der Waals surface area contributed by atoms with Crippen LogP contribution in [0.25, 0.3) is 11.1 Å². The molecule has 0 unspecified atom stereocenters. The predicted octanol–water partition coefficient (Wildman–Crippen LogP) is 5.18. The highest BCUT2D eigenvalue weighted by atomic mass is 35.5. The Labute approximate surface area is 183 Å². The summed E-state index contributed by atoms with van der Waals surface area (Å²) in [6, 6.07) is 3.88. The number of carbonyl (C=O) groups excluding carboxylic acids is 1. The highest BCUT2D eigenvalue weighted by molar-refractivity contribution is 7.11. The SMILES string of the molecule is C[C@H]1CN(C(=O)OC(C)(C)C)CCN1c1nc2cc(Cl)cc(Oc3nccs3)c2o1. The molecule has 3 heterocycles. The average Bonchev–Trinajstić information content (AvgIpc) is 3.29. The Kier molecular flexibility index (Phi) is 5.50. The maximum Gasteiger partial charge on any atom is 0.410 e. The van der Waals surface area contributed by atoms with E-state index in [1.165, 1.54) is 11.3 Å². The van der Waals surface area contributed by atoms with Gasteiger partial charge < -0.3 is 23.7 Å². The minimum absolute atomic E-state index is 0.00173. The summed E-state index contributed by atoms with van der Waals surface area (Å²) in [6.07, 6.45) is 1.36. The van der Waals surface area contributed by atoms with Crippen LogP contribution in [0.1, 0.15) is 27.7 Å². The highest BCUT2D eigenvalue weighted by Gasteiger charge is 2.32. The van der Waals surface area contributed by atoms with Crippen molar-refractivity contribution in [3.05, 3.63) is 28.7 Å². The number of hydrogen-bond acceptors (Lipinski definition) is 8. The van der Waals surface area contributed by atoms with Crippen molar-refractivity contribution in [1.29, 1.82) is 0 Å². The first-order chi connectivity index (χ1) is 14.2. The summed E-state index contributed by atoms with van der Waals surface area (Å²) < 4.78 is 17.4. The molecule has 4 rings (SSSR count). The standard InChI is InChI=1S/C20H23ClN4O4S/c1-12-11-24(19(26)29-20(2,3)4)6-7-25(12)17-23-14-9-13(21)10-15(16(14)28-17)27-18-22-5-8-30-18/h5,8-10,12H,6-7,11H2,1-4H3/t12-/m0/s1. The minimum atomic E-state index is -0.523. The second-order valence-corrected chi connectivity index (χ2v) is 9.41. The van der Waals surface area contributed by atoms with Crippen LogP contribution in [-0.4, -0.2) is 52.2 Å². The van der Waals surface area contributed by atoms with Gasteiger partial charge in [0.15, 0.2) is 11.3 Å². The number of rotatable bonds is 3. The van der Waals surface area contributed by atoms with Crippen molar-refractivity contribution in [2.24, 2.45) is 0 Å².